The second kappa shape index (κ2) is 6.72. The van der Waals surface area contributed by atoms with E-state index >= 15 is 0 Å². The van der Waals surface area contributed by atoms with E-state index in [9.17, 15) is 5.11 Å². The van der Waals surface area contributed by atoms with Crippen molar-refractivity contribution >= 4 is 6.08 Å². The highest BCUT2D eigenvalue weighted by atomic mass is 16.3. The van der Waals surface area contributed by atoms with Crippen LogP contribution in [0.3, 0.4) is 0 Å². The standard InChI is InChI=1S/C25H38N2O/c1-4-27-14-11-19(26-27)15-17-16-22-20-9-8-18-7-5-6-12-24(18,2)21(20)10-13-25(22,3)23(17)28/h11,14-15,18,20-23,28H,4-10,12-13,16H2,1-3H3/b17-15+/t18-,20-,21+,22+,23-,24+,25+/m1/s1. The Kier molecular flexibility index (Phi) is 4.54. The van der Waals surface area contributed by atoms with Crippen LogP contribution in [0.1, 0.15) is 84.3 Å². The average molecular weight is 383 g/mol. The third-order valence-electron chi connectivity index (χ3n) is 9.77. The molecule has 1 N–H and O–H groups in total. The Bertz CT molecular complexity index is 766. The van der Waals surface area contributed by atoms with Crippen LogP contribution < -0.4 is 0 Å². The SMILES string of the molecule is CCn1ccc(/C=C2\C[C@H]3[C@@H]4CC[C@H]5CCCC[C@]5(C)[C@H]4CC[C@]3(C)[C@@H]2O)n1. The van der Waals surface area contributed by atoms with Gasteiger partial charge in [0.1, 0.15) is 0 Å². The summed E-state index contributed by atoms with van der Waals surface area (Å²) in [4.78, 5) is 0. The summed E-state index contributed by atoms with van der Waals surface area (Å²) in [5.74, 6) is 3.31. The van der Waals surface area contributed by atoms with E-state index in [0.29, 0.717) is 11.3 Å². The number of aliphatic hydroxyl groups is 1. The molecule has 4 aliphatic rings. The first-order valence-electron chi connectivity index (χ1n) is 11.9. The van der Waals surface area contributed by atoms with Gasteiger partial charge in [0, 0.05) is 18.2 Å². The van der Waals surface area contributed by atoms with Gasteiger partial charge >= 0.3 is 0 Å². The summed E-state index contributed by atoms with van der Waals surface area (Å²) in [6.07, 6.45) is 16.2. The first kappa shape index (κ1) is 18.9. The van der Waals surface area contributed by atoms with Crippen molar-refractivity contribution in [2.45, 2.75) is 91.2 Å². The van der Waals surface area contributed by atoms with Crippen LogP contribution in [-0.4, -0.2) is 21.0 Å². The summed E-state index contributed by atoms with van der Waals surface area (Å²) in [6, 6.07) is 2.09. The van der Waals surface area contributed by atoms with Gasteiger partial charge in [0.25, 0.3) is 0 Å². The van der Waals surface area contributed by atoms with Crippen molar-refractivity contribution in [2.75, 3.05) is 0 Å². The lowest BCUT2D eigenvalue weighted by Crippen LogP contribution is -2.53. The van der Waals surface area contributed by atoms with Crippen LogP contribution in [0.15, 0.2) is 17.8 Å². The monoisotopic (exact) mass is 382 g/mol. The fourth-order valence-corrected chi connectivity index (χ4v) is 8.11. The lowest BCUT2D eigenvalue weighted by Gasteiger charge is -2.60. The van der Waals surface area contributed by atoms with Gasteiger partial charge in [-0.25, -0.2) is 0 Å². The van der Waals surface area contributed by atoms with Crippen molar-refractivity contribution in [1.29, 1.82) is 0 Å². The molecule has 3 heteroatoms. The van der Waals surface area contributed by atoms with Crippen LogP contribution in [-0.2, 0) is 6.54 Å². The summed E-state index contributed by atoms with van der Waals surface area (Å²) >= 11 is 0. The van der Waals surface area contributed by atoms with E-state index in [-0.39, 0.29) is 11.5 Å². The molecule has 0 unspecified atom stereocenters. The number of nitrogens with zero attached hydrogens (tertiary/aromatic N) is 2. The zero-order valence-corrected chi connectivity index (χ0v) is 18.0. The van der Waals surface area contributed by atoms with Crippen LogP contribution in [0.5, 0.6) is 0 Å². The number of rotatable bonds is 2. The van der Waals surface area contributed by atoms with Crippen molar-refractivity contribution < 1.29 is 5.11 Å². The minimum absolute atomic E-state index is 0.0676. The average Bonchev–Trinajstić information content (AvgIpc) is 3.25. The van der Waals surface area contributed by atoms with Gasteiger partial charge < -0.3 is 5.11 Å². The van der Waals surface area contributed by atoms with E-state index in [4.69, 9.17) is 0 Å². The van der Waals surface area contributed by atoms with Crippen molar-refractivity contribution in [1.82, 2.24) is 9.78 Å². The predicted octanol–water partition coefficient (Wildman–Crippen LogP) is 5.69. The number of aryl methyl sites for hydroxylation is 1. The Morgan fingerprint density at radius 1 is 1.11 bits per heavy atom. The normalized spacial score (nSPS) is 46.9. The van der Waals surface area contributed by atoms with Crippen LogP contribution in [0.25, 0.3) is 6.08 Å². The molecular weight excluding hydrogens is 344 g/mol. The molecule has 0 bridgehead atoms. The first-order chi connectivity index (χ1) is 13.5. The molecular formula is C25H38N2O. The molecule has 1 aromatic rings. The van der Waals surface area contributed by atoms with Gasteiger partial charge in [-0.3, -0.25) is 4.68 Å². The number of aliphatic hydroxyl groups excluding tert-OH is 1. The molecule has 5 rings (SSSR count). The second-order valence-electron chi connectivity index (χ2n) is 10.9. The molecule has 0 radical (unpaired) electrons. The highest BCUT2D eigenvalue weighted by molar-refractivity contribution is 5.52. The molecule has 4 fully saturated rings. The molecule has 4 aliphatic carbocycles. The van der Waals surface area contributed by atoms with Gasteiger partial charge in [-0.2, -0.15) is 5.10 Å². The van der Waals surface area contributed by atoms with Crippen molar-refractivity contribution in [3.63, 3.8) is 0 Å². The van der Waals surface area contributed by atoms with E-state index in [1.165, 1.54) is 56.9 Å². The van der Waals surface area contributed by atoms with E-state index in [2.05, 4.69) is 38.0 Å². The van der Waals surface area contributed by atoms with E-state index in [1.54, 1.807) is 0 Å². The number of aromatic nitrogens is 2. The Labute approximate surface area is 170 Å². The smallest absolute Gasteiger partial charge is 0.0851 e. The Hall–Kier alpha value is -1.09. The summed E-state index contributed by atoms with van der Waals surface area (Å²) < 4.78 is 1.98. The van der Waals surface area contributed by atoms with Crippen molar-refractivity contribution in [2.24, 2.45) is 34.5 Å². The Balaban J connectivity index is 1.44. The molecule has 0 saturated heterocycles. The van der Waals surface area contributed by atoms with Crippen molar-refractivity contribution in [3.8, 4) is 0 Å². The van der Waals surface area contributed by atoms with Gasteiger partial charge in [0.05, 0.1) is 11.8 Å². The molecule has 0 spiro atoms. The predicted molar refractivity (Wildman–Crippen MR) is 114 cm³/mol. The molecule has 0 aromatic carbocycles. The molecule has 28 heavy (non-hydrogen) atoms. The topological polar surface area (TPSA) is 38.0 Å². The zero-order valence-electron chi connectivity index (χ0n) is 18.0. The van der Waals surface area contributed by atoms with Crippen LogP contribution in [0.2, 0.25) is 0 Å². The summed E-state index contributed by atoms with van der Waals surface area (Å²) in [6.45, 7) is 8.04. The third kappa shape index (κ3) is 2.68. The zero-order chi connectivity index (χ0) is 19.5. The van der Waals surface area contributed by atoms with Crippen LogP contribution in [0.4, 0.5) is 0 Å². The van der Waals surface area contributed by atoms with Gasteiger partial charge in [-0.15, -0.1) is 0 Å². The molecule has 1 aromatic heterocycles. The Morgan fingerprint density at radius 2 is 1.96 bits per heavy atom. The van der Waals surface area contributed by atoms with E-state index in [0.717, 1.165) is 36.4 Å². The minimum atomic E-state index is -0.290. The summed E-state index contributed by atoms with van der Waals surface area (Å²) in [5, 5.41) is 16.0. The molecule has 154 valence electrons. The van der Waals surface area contributed by atoms with E-state index in [1.807, 2.05) is 10.9 Å². The summed E-state index contributed by atoms with van der Waals surface area (Å²) in [5.41, 5.74) is 2.89. The minimum Gasteiger partial charge on any atom is -0.388 e. The fraction of sp³-hybridized carbons (Fsp3) is 0.800. The van der Waals surface area contributed by atoms with Crippen LogP contribution >= 0.6 is 0 Å². The number of hydrogen-bond acceptors (Lipinski definition) is 2. The lowest BCUT2D eigenvalue weighted by atomic mass is 9.45. The van der Waals surface area contributed by atoms with Gasteiger partial charge in [-0.1, -0.05) is 26.7 Å². The number of fused-ring (bicyclic) bond motifs is 5. The summed E-state index contributed by atoms with van der Waals surface area (Å²) in [7, 11) is 0. The highest BCUT2D eigenvalue weighted by Gasteiger charge is 2.60. The Morgan fingerprint density at radius 3 is 2.75 bits per heavy atom. The van der Waals surface area contributed by atoms with E-state index < -0.39 is 0 Å². The maximum atomic E-state index is 11.4. The second-order valence-corrected chi connectivity index (χ2v) is 10.9. The highest BCUT2D eigenvalue weighted by Crippen LogP contribution is 2.66. The van der Waals surface area contributed by atoms with Gasteiger partial charge in [0.15, 0.2) is 0 Å². The molecule has 0 amide bonds. The molecule has 1 heterocycles. The van der Waals surface area contributed by atoms with Gasteiger partial charge in [0.2, 0.25) is 0 Å². The maximum absolute atomic E-state index is 11.4. The molecule has 7 atom stereocenters. The fourth-order valence-electron chi connectivity index (χ4n) is 8.11. The molecule has 0 aliphatic heterocycles. The number of hydrogen-bond donors (Lipinski definition) is 1. The largest absolute Gasteiger partial charge is 0.388 e. The quantitative estimate of drug-likeness (QED) is 0.713. The lowest BCUT2D eigenvalue weighted by molar-refractivity contribution is -0.119. The molecule has 3 nitrogen and oxygen atoms in total. The van der Waals surface area contributed by atoms with Crippen molar-refractivity contribution in [3.05, 3.63) is 23.5 Å². The first-order valence-corrected chi connectivity index (χ1v) is 11.9. The maximum Gasteiger partial charge on any atom is 0.0851 e. The van der Waals surface area contributed by atoms with Gasteiger partial charge in [-0.05, 0) is 98.7 Å². The van der Waals surface area contributed by atoms with Crippen LogP contribution in [0, 0.1) is 34.5 Å². The molecule has 4 saturated carbocycles. The third-order valence-corrected chi connectivity index (χ3v) is 9.77.